The maximum Gasteiger partial charge on any atom is 0.123 e. The fourth-order valence-corrected chi connectivity index (χ4v) is 2.78. The zero-order valence-electron chi connectivity index (χ0n) is 10.3. The molecule has 3 nitrogen and oxygen atoms in total. The van der Waals surface area contributed by atoms with Crippen LogP contribution in [-0.2, 0) is 6.42 Å². The van der Waals surface area contributed by atoms with Gasteiger partial charge >= 0.3 is 0 Å². The highest BCUT2D eigenvalue weighted by Gasteiger charge is 2.26. The number of halogens is 1. The topological polar surface area (TPSA) is 32.7 Å². The molecule has 0 radical (unpaired) electrons. The fraction of sp³-hybridized carbons (Fsp3) is 0.571. The number of fused-ring (bicyclic) bond motifs is 1. The van der Waals surface area contributed by atoms with Crippen LogP contribution in [0.4, 0.5) is 4.39 Å². The predicted octanol–water partition coefficient (Wildman–Crippen LogP) is 1.59. The molecule has 4 heteroatoms. The van der Waals surface area contributed by atoms with Gasteiger partial charge in [-0.05, 0) is 31.0 Å². The van der Waals surface area contributed by atoms with Crippen LogP contribution in [0.1, 0.15) is 18.4 Å². The number of hydrogen-bond donors (Lipinski definition) is 1. The average molecular weight is 251 g/mol. The summed E-state index contributed by atoms with van der Waals surface area (Å²) in [6.45, 7) is 2.71. The number of nitrogens with zero attached hydrogens (tertiary/aromatic N) is 1. The van der Waals surface area contributed by atoms with Crippen molar-refractivity contribution in [2.24, 2.45) is 0 Å². The van der Waals surface area contributed by atoms with Crippen molar-refractivity contribution < 1.29 is 14.2 Å². The molecule has 2 aliphatic rings. The third-order valence-electron chi connectivity index (χ3n) is 3.78. The van der Waals surface area contributed by atoms with Gasteiger partial charge in [-0.15, -0.1) is 0 Å². The summed E-state index contributed by atoms with van der Waals surface area (Å²) < 4.78 is 18.9. The van der Waals surface area contributed by atoms with Crippen molar-refractivity contribution >= 4 is 0 Å². The molecule has 0 spiro atoms. The van der Waals surface area contributed by atoms with E-state index in [2.05, 4.69) is 4.90 Å². The van der Waals surface area contributed by atoms with Crippen molar-refractivity contribution in [3.05, 3.63) is 29.6 Å². The molecule has 1 saturated heterocycles. The molecule has 0 bridgehead atoms. The molecule has 18 heavy (non-hydrogen) atoms. The first kappa shape index (κ1) is 11.9. The summed E-state index contributed by atoms with van der Waals surface area (Å²) in [5.74, 6) is 0.623. The van der Waals surface area contributed by atoms with E-state index in [1.54, 1.807) is 12.1 Å². The van der Waals surface area contributed by atoms with Gasteiger partial charge in [-0.1, -0.05) is 0 Å². The highest BCUT2D eigenvalue weighted by atomic mass is 19.1. The summed E-state index contributed by atoms with van der Waals surface area (Å²) in [7, 11) is 0. The minimum atomic E-state index is -0.195. The van der Waals surface area contributed by atoms with E-state index >= 15 is 0 Å². The lowest BCUT2D eigenvalue weighted by Crippen LogP contribution is -2.41. The molecule has 3 rings (SSSR count). The van der Waals surface area contributed by atoms with E-state index in [0.717, 1.165) is 50.2 Å². The molecule has 98 valence electrons. The third kappa shape index (κ3) is 2.49. The van der Waals surface area contributed by atoms with Crippen molar-refractivity contribution in [2.45, 2.75) is 31.5 Å². The Hall–Kier alpha value is -1.13. The van der Waals surface area contributed by atoms with Gasteiger partial charge < -0.3 is 9.84 Å². The number of aliphatic hydroxyl groups is 1. The van der Waals surface area contributed by atoms with Crippen LogP contribution in [-0.4, -0.2) is 41.8 Å². The molecule has 2 aliphatic heterocycles. The monoisotopic (exact) mass is 251 g/mol. The second-order valence-corrected chi connectivity index (χ2v) is 5.23. The minimum absolute atomic E-state index is 0.122. The number of benzene rings is 1. The molecule has 1 atom stereocenters. The number of piperidine rings is 1. The lowest BCUT2D eigenvalue weighted by atomic mass is 10.1. The number of rotatable bonds is 2. The molecular weight excluding hydrogens is 233 g/mol. The first-order valence-corrected chi connectivity index (χ1v) is 6.56. The molecule has 1 aromatic carbocycles. The molecule has 0 saturated carbocycles. The van der Waals surface area contributed by atoms with Crippen molar-refractivity contribution in [1.82, 2.24) is 4.90 Å². The average Bonchev–Trinajstić information content (AvgIpc) is 2.73. The van der Waals surface area contributed by atoms with E-state index in [0.29, 0.717) is 0 Å². The first-order chi connectivity index (χ1) is 8.70. The quantitative estimate of drug-likeness (QED) is 0.866. The van der Waals surface area contributed by atoms with Gasteiger partial charge in [-0.2, -0.15) is 0 Å². The predicted molar refractivity (Wildman–Crippen MR) is 66.2 cm³/mol. The fourth-order valence-electron chi connectivity index (χ4n) is 2.78. The third-order valence-corrected chi connectivity index (χ3v) is 3.78. The standard InChI is InChI=1S/C14H18FNO2/c15-11-1-2-14-10(7-11)8-13(18-14)9-16-5-3-12(17)4-6-16/h1-2,7,12-13,17H,3-6,8-9H2. The molecule has 1 unspecified atom stereocenters. The van der Waals surface area contributed by atoms with E-state index in [-0.39, 0.29) is 18.0 Å². The van der Waals surface area contributed by atoms with Crippen LogP contribution in [0.2, 0.25) is 0 Å². The van der Waals surface area contributed by atoms with Crippen LogP contribution in [0.5, 0.6) is 5.75 Å². The van der Waals surface area contributed by atoms with E-state index in [4.69, 9.17) is 4.74 Å². The van der Waals surface area contributed by atoms with Crippen LogP contribution in [0.25, 0.3) is 0 Å². The second kappa shape index (κ2) is 4.86. The van der Waals surface area contributed by atoms with Crippen LogP contribution < -0.4 is 4.74 Å². The van der Waals surface area contributed by atoms with Crippen molar-refractivity contribution in [2.75, 3.05) is 19.6 Å². The summed E-state index contributed by atoms with van der Waals surface area (Å²) in [6, 6.07) is 4.72. The minimum Gasteiger partial charge on any atom is -0.488 e. The summed E-state index contributed by atoms with van der Waals surface area (Å²) in [5, 5.41) is 9.46. The maximum absolute atomic E-state index is 13.1. The van der Waals surface area contributed by atoms with Crippen molar-refractivity contribution in [3.63, 3.8) is 0 Å². The highest BCUT2D eigenvalue weighted by Crippen LogP contribution is 2.29. The van der Waals surface area contributed by atoms with Gasteiger partial charge in [0.2, 0.25) is 0 Å². The Morgan fingerprint density at radius 1 is 1.33 bits per heavy atom. The lowest BCUT2D eigenvalue weighted by molar-refractivity contribution is 0.0625. The van der Waals surface area contributed by atoms with E-state index < -0.39 is 0 Å². The normalized spacial score (nSPS) is 24.9. The van der Waals surface area contributed by atoms with Crippen molar-refractivity contribution in [1.29, 1.82) is 0 Å². The molecule has 2 heterocycles. The van der Waals surface area contributed by atoms with E-state index in [9.17, 15) is 9.50 Å². The molecule has 0 aromatic heterocycles. The molecule has 0 amide bonds. The molecule has 0 aliphatic carbocycles. The number of ether oxygens (including phenoxy) is 1. The lowest BCUT2D eigenvalue weighted by Gasteiger charge is -2.31. The van der Waals surface area contributed by atoms with Gasteiger partial charge in [0, 0.05) is 31.6 Å². The SMILES string of the molecule is OC1CCN(CC2Cc3cc(F)ccc3O2)CC1. The van der Waals surface area contributed by atoms with Gasteiger partial charge in [0.25, 0.3) is 0 Å². The largest absolute Gasteiger partial charge is 0.488 e. The van der Waals surface area contributed by atoms with Crippen LogP contribution in [0.15, 0.2) is 18.2 Å². The zero-order chi connectivity index (χ0) is 12.5. The van der Waals surface area contributed by atoms with Crippen LogP contribution >= 0.6 is 0 Å². The number of aliphatic hydroxyl groups excluding tert-OH is 1. The Bertz CT molecular complexity index is 430. The summed E-state index contributed by atoms with van der Waals surface area (Å²) in [6.07, 6.45) is 2.45. The van der Waals surface area contributed by atoms with Gasteiger partial charge in [0.15, 0.2) is 0 Å². The van der Waals surface area contributed by atoms with Crippen LogP contribution in [0.3, 0.4) is 0 Å². The smallest absolute Gasteiger partial charge is 0.123 e. The van der Waals surface area contributed by atoms with Gasteiger partial charge in [0.1, 0.15) is 17.7 Å². The van der Waals surface area contributed by atoms with E-state index in [1.165, 1.54) is 6.07 Å². The Morgan fingerprint density at radius 2 is 2.11 bits per heavy atom. The first-order valence-electron chi connectivity index (χ1n) is 6.56. The summed E-state index contributed by atoms with van der Waals surface area (Å²) >= 11 is 0. The molecule has 1 fully saturated rings. The Balaban J connectivity index is 1.58. The molecular formula is C14H18FNO2. The van der Waals surface area contributed by atoms with Crippen LogP contribution in [0, 0.1) is 5.82 Å². The van der Waals surface area contributed by atoms with Gasteiger partial charge in [-0.3, -0.25) is 4.90 Å². The summed E-state index contributed by atoms with van der Waals surface area (Å²) in [5.41, 5.74) is 0.969. The van der Waals surface area contributed by atoms with Crippen molar-refractivity contribution in [3.8, 4) is 5.75 Å². The van der Waals surface area contributed by atoms with Gasteiger partial charge in [0.05, 0.1) is 6.10 Å². The Labute approximate surface area is 106 Å². The molecule has 1 N–H and O–H groups in total. The second-order valence-electron chi connectivity index (χ2n) is 5.23. The number of hydrogen-bond acceptors (Lipinski definition) is 3. The molecule has 1 aromatic rings. The number of likely N-dealkylation sites (tertiary alicyclic amines) is 1. The maximum atomic E-state index is 13.1. The summed E-state index contributed by atoms with van der Waals surface area (Å²) in [4.78, 5) is 2.32. The zero-order valence-corrected chi connectivity index (χ0v) is 10.3. The Morgan fingerprint density at radius 3 is 2.89 bits per heavy atom. The van der Waals surface area contributed by atoms with Gasteiger partial charge in [-0.25, -0.2) is 4.39 Å². The Kier molecular flexibility index (Phi) is 3.22. The van der Waals surface area contributed by atoms with E-state index in [1.807, 2.05) is 0 Å². The highest BCUT2D eigenvalue weighted by molar-refractivity contribution is 5.37.